The summed E-state index contributed by atoms with van der Waals surface area (Å²) in [6.07, 6.45) is 0.242. The Balaban J connectivity index is 2.31. The molecule has 3 N–H and O–H groups in total. The lowest BCUT2D eigenvalue weighted by Gasteiger charge is -2.22. The molecule has 1 atom stereocenters. The van der Waals surface area contributed by atoms with Gasteiger partial charge in [-0.25, -0.2) is 4.98 Å². The van der Waals surface area contributed by atoms with Crippen molar-refractivity contribution < 1.29 is 9.47 Å². The smallest absolute Gasteiger partial charge is 0.256 e. The SMILES string of the molecule is CCc1c(N)nc(C2COCCO2)[nH]c1=O. The average molecular weight is 225 g/mol. The van der Waals surface area contributed by atoms with Crippen LogP contribution in [0, 0.1) is 0 Å². The van der Waals surface area contributed by atoms with E-state index in [-0.39, 0.29) is 17.5 Å². The summed E-state index contributed by atoms with van der Waals surface area (Å²) in [5.41, 5.74) is 6.03. The number of hydrogen-bond donors (Lipinski definition) is 2. The summed E-state index contributed by atoms with van der Waals surface area (Å²) in [6.45, 7) is 3.34. The number of ether oxygens (including phenoxy) is 2. The molecular weight excluding hydrogens is 210 g/mol. The number of H-pyrrole nitrogens is 1. The van der Waals surface area contributed by atoms with Crippen LogP contribution in [0.4, 0.5) is 5.82 Å². The van der Waals surface area contributed by atoms with Crippen molar-refractivity contribution in [3.8, 4) is 0 Å². The summed E-state index contributed by atoms with van der Waals surface area (Å²) in [5, 5.41) is 0. The summed E-state index contributed by atoms with van der Waals surface area (Å²) < 4.78 is 10.7. The normalized spacial score (nSPS) is 20.9. The lowest BCUT2D eigenvalue weighted by Crippen LogP contribution is -2.27. The van der Waals surface area contributed by atoms with Crippen LogP contribution in [-0.4, -0.2) is 29.8 Å². The van der Waals surface area contributed by atoms with Crippen LogP contribution in [0.15, 0.2) is 4.79 Å². The van der Waals surface area contributed by atoms with Crippen molar-refractivity contribution in [1.29, 1.82) is 0 Å². The second-order valence-corrected chi connectivity index (χ2v) is 3.60. The van der Waals surface area contributed by atoms with Crippen LogP contribution in [0.2, 0.25) is 0 Å². The highest BCUT2D eigenvalue weighted by atomic mass is 16.6. The fourth-order valence-electron chi connectivity index (χ4n) is 1.67. The van der Waals surface area contributed by atoms with Crippen molar-refractivity contribution in [2.75, 3.05) is 25.6 Å². The molecule has 2 rings (SSSR count). The zero-order valence-corrected chi connectivity index (χ0v) is 9.16. The number of hydrogen-bond acceptors (Lipinski definition) is 5. The number of nitrogens with two attached hydrogens (primary N) is 1. The van der Waals surface area contributed by atoms with Crippen LogP contribution in [0.1, 0.15) is 24.4 Å². The molecule has 1 unspecified atom stereocenters. The quantitative estimate of drug-likeness (QED) is 0.739. The van der Waals surface area contributed by atoms with Gasteiger partial charge in [0.15, 0.2) is 0 Å². The number of nitrogens with zero attached hydrogens (tertiary/aromatic N) is 1. The molecule has 0 amide bonds. The van der Waals surface area contributed by atoms with Gasteiger partial charge in [-0.1, -0.05) is 6.92 Å². The number of nitrogens with one attached hydrogen (secondary N) is 1. The van der Waals surface area contributed by atoms with E-state index >= 15 is 0 Å². The zero-order valence-electron chi connectivity index (χ0n) is 9.16. The topological polar surface area (TPSA) is 90.2 Å². The summed E-state index contributed by atoms with van der Waals surface area (Å²) in [4.78, 5) is 18.5. The highest BCUT2D eigenvalue weighted by Crippen LogP contribution is 2.17. The van der Waals surface area contributed by atoms with E-state index in [1.165, 1.54) is 0 Å². The number of aromatic amines is 1. The Kier molecular flexibility index (Phi) is 3.21. The van der Waals surface area contributed by atoms with E-state index in [4.69, 9.17) is 15.2 Å². The molecule has 1 aliphatic heterocycles. The molecule has 0 aromatic carbocycles. The number of rotatable bonds is 2. The summed E-state index contributed by atoms with van der Waals surface area (Å²) in [5.74, 6) is 0.717. The lowest BCUT2D eigenvalue weighted by atomic mass is 10.2. The van der Waals surface area contributed by atoms with E-state index in [2.05, 4.69) is 9.97 Å². The van der Waals surface area contributed by atoms with Gasteiger partial charge in [-0.05, 0) is 6.42 Å². The fourth-order valence-corrected chi connectivity index (χ4v) is 1.67. The molecule has 1 aliphatic rings. The maximum Gasteiger partial charge on any atom is 0.256 e. The summed E-state index contributed by atoms with van der Waals surface area (Å²) >= 11 is 0. The largest absolute Gasteiger partial charge is 0.383 e. The van der Waals surface area contributed by atoms with Crippen molar-refractivity contribution in [3.63, 3.8) is 0 Å². The standard InChI is InChI=1S/C10H15N3O3/c1-2-6-8(11)12-9(13-10(6)14)7-5-15-3-4-16-7/h7H,2-5H2,1H3,(H3,11,12,13,14). The second-order valence-electron chi connectivity index (χ2n) is 3.60. The highest BCUT2D eigenvalue weighted by molar-refractivity contribution is 5.37. The maximum atomic E-state index is 11.7. The molecule has 1 fully saturated rings. The third-order valence-corrected chi connectivity index (χ3v) is 2.54. The molecule has 0 spiro atoms. The van der Waals surface area contributed by atoms with E-state index in [9.17, 15) is 4.79 Å². The fraction of sp³-hybridized carbons (Fsp3) is 0.600. The van der Waals surface area contributed by atoms with Gasteiger partial charge in [-0.15, -0.1) is 0 Å². The minimum Gasteiger partial charge on any atom is -0.383 e. The first kappa shape index (κ1) is 11.1. The molecule has 1 aromatic heterocycles. The Hall–Kier alpha value is -1.40. The van der Waals surface area contributed by atoms with Crippen LogP contribution in [0.5, 0.6) is 0 Å². The van der Waals surface area contributed by atoms with Crippen molar-refractivity contribution in [1.82, 2.24) is 9.97 Å². The second kappa shape index (κ2) is 4.63. The number of aromatic nitrogens is 2. The third kappa shape index (κ3) is 2.07. The monoisotopic (exact) mass is 225 g/mol. The molecule has 88 valence electrons. The molecule has 6 nitrogen and oxygen atoms in total. The Morgan fingerprint density at radius 2 is 2.38 bits per heavy atom. The number of anilines is 1. The summed E-state index contributed by atoms with van der Waals surface area (Å²) in [6, 6.07) is 0. The Morgan fingerprint density at radius 1 is 1.56 bits per heavy atom. The Labute approximate surface area is 92.8 Å². The molecule has 16 heavy (non-hydrogen) atoms. The van der Waals surface area contributed by atoms with Gasteiger partial charge < -0.3 is 20.2 Å². The van der Waals surface area contributed by atoms with Gasteiger partial charge in [-0.2, -0.15) is 0 Å². The van der Waals surface area contributed by atoms with E-state index in [0.717, 1.165) is 0 Å². The first-order chi connectivity index (χ1) is 7.72. The third-order valence-electron chi connectivity index (χ3n) is 2.54. The first-order valence-corrected chi connectivity index (χ1v) is 5.30. The van der Waals surface area contributed by atoms with Crippen molar-refractivity contribution >= 4 is 5.82 Å². The Bertz CT molecular complexity index is 424. The maximum absolute atomic E-state index is 11.7. The van der Waals surface area contributed by atoms with Crippen LogP contribution in [-0.2, 0) is 15.9 Å². The first-order valence-electron chi connectivity index (χ1n) is 5.30. The molecule has 1 saturated heterocycles. The minimum atomic E-state index is -0.324. The molecule has 0 radical (unpaired) electrons. The molecule has 0 aliphatic carbocycles. The van der Waals surface area contributed by atoms with Gasteiger partial charge in [0.25, 0.3) is 5.56 Å². The van der Waals surface area contributed by atoms with Gasteiger partial charge in [0.05, 0.1) is 25.4 Å². The van der Waals surface area contributed by atoms with Crippen LogP contribution in [0.25, 0.3) is 0 Å². The average Bonchev–Trinajstić information content (AvgIpc) is 2.30. The van der Waals surface area contributed by atoms with Gasteiger partial charge >= 0.3 is 0 Å². The van der Waals surface area contributed by atoms with Crippen LogP contribution >= 0.6 is 0 Å². The van der Waals surface area contributed by atoms with Gasteiger partial charge in [0.1, 0.15) is 17.7 Å². The van der Waals surface area contributed by atoms with Crippen molar-refractivity contribution in [3.05, 3.63) is 21.7 Å². The Morgan fingerprint density at radius 3 is 2.94 bits per heavy atom. The predicted molar refractivity (Wildman–Crippen MR) is 58.2 cm³/mol. The van der Waals surface area contributed by atoms with Gasteiger partial charge in [0, 0.05) is 0 Å². The lowest BCUT2D eigenvalue weighted by molar-refractivity contribution is -0.0935. The zero-order chi connectivity index (χ0) is 11.5. The molecule has 1 aromatic rings. The predicted octanol–water partition coefficient (Wildman–Crippen LogP) is 0.00240. The molecule has 0 saturated carbocycles. The molecule has 0 bridgehead atoms. The molecule has 6 heteroatoms. The minimum absolute atomic E-state index is 0.195. The van der Waals surface area contributed by atoms with Crippen molar-refractivity contribution in [2.24, 2.45) is 0 Å². The van der Waals surface area contributed by atoms with Crippen molar-refractivity contribution in [2.45, 2.75) is 19.4 Å². The molecule has 2 heterocycles. The van der Waals surface area contributed by atoms with E-state index in [1.807, 2.05) is 6.92 Å². The van der Waals surface area contributed by atoms with E-state index in [0.29, 0.717) is 37.6 Å². The van der Waals surface area contributed by atoms with E-state index < -0.39 is 0 Å². The summed E-state index contributed by atoms with van der Waals surface area (Å²) in [7, 11) is 0. The van der Waals surface area contributed by atoms with Crippen LogP contribution < -0.4 is 11.3 Å². The number of nitrogen functional groups attached to an aromatic ring is 1. The van der Waals surface area contributed by atoms with E-state index in [1.54, 1.807) is 0 Å². The molecular formula is C10H15N3O3. The van der Waals surface area contributed by atoms with Crippen LogP contribution in [0.3, 0.4) is 0 Å². The highest BCUT2D eigenvalue weighted by Gasteiger charge is 2.20. The van der Waals surface area contributed by atoms with Gasteiger partial charge in [0.2, 0.25) is 0 Å². The van der Waals surface area contributed by atoms with Gasteiger partial charge in [-0.3, -0.25) is 4.79 Å².